The van der Waals surface area contributed by atoms with Gasteiger partial charge in [-0.15, -0.1) is 0 Å². The summed E-state index contributed by atoms with van der Waals surface area (Å²) in [5.74, 6) is 4.60. The molecule has 0 amide bonds. The molecule has 6 aliphatic rings. The van der Waals surface area contributed by atoms with Crippen molar-refractivity contribution in [2.75, 3.05) is 0 Å². The standard InChI is InChI=1S/C114H68N4O3/c1-112-77-58-60-94-105(64-77)121-109-81(73-26-18-28-75(62-73)101-66-102(118-110(116-101)70-23-3-2-4-24-70)76-57-59-85(98(112)63-76)82-29-5-10-39-89(82)112)37-22-46-97(109)114(94)92-42-13-8-33-88(92)106-78(34-20-44-95(106)114)67-51-55-71(56-52-67)111-115-99(69-53-49-68(50-54-69)79-35-19-38-87-86-32-9-15-47-103(86)119-107(79)87)65-100(117-111)74-27-17-25-72(61-74)80-36-21-45-96-108(80)120-104-48-16-14-43-93(104)113(96)90-40-11-6-30-83(90)84-31-7-12-41-91(84)113/h2-66H,1H3. The summed E-state index contributed by atoms with van der Waals surface area (Å²) in [6, 6.07) is 143. The summed E-state index contributed by atoms with van der Waals surface area (Å²) in [4.78, 5) is 21.9. The highest BCUT2D eigenvalue weighted by Gasteiger charge is 2.55. The molecule has 6 heterocycles. The molecule has 2 unspecified atom stereocenters. The number of nitrogens with zero attached hydrogens (tertiary/aromatic N) is 4. The van der Waals surface area contributed by atoms with Gasteiger partial charge >= 0.3 is 0 Å². The van der Waals surface area contributed by atoms with E-state index in [0.29, 0.717) is 11.6 Å². The Morgan fingerprint density at radius 1 is 0.223 bits per heavy atom. The summed E-state index contributed by atoms with van der Waals surface area (Å²) in [7, 11) is 0. The molecule has 562 valence electrons. The quantitative estimate of drug-likeness (QED) is 0.157. The van der Waals surface area contributed by atoms with E-state index >= 15 is 0 Å². The molecule has 20 aromatic rings. The molecule has 0 N–H and O–H groups in total. The van der Waals surface area contributed by atoms with E-state index in [4.69, 9.17) is 33.8 Å². The van der Waals surface area contributed by atoms with E-state index in [1.54, 1.807) is 0 Å². The molecule has 7 heteroatoms. The molecule has 0 radical (unpaired) electrons. The molecule has 7 nitrogen and oxygen atoms in total. The van der Waals surface area contributed by atoms with Crippen LogP contribution in [0.15, 0.2) is 399 Å². The van der Waals surface area contributed by atoms with Crippen LogP contribution in [0.25, 0.3) is 168 Å². The SMILES string of the molecule is CC12c3ccc4c(c3)Oc3c(cccc3C43c4ccccc4-c4c(-c5ccc(-c6nc(-c7ccc(-c8cccc9c8oc8ccccc89)cc7)cc(-c7cccc(-c8cccc9c8Oc8ccccc8C98c9ccccc9-c9ccccc98)c7)n6)cc5)cccc43)-c3cccc(c3)-c3cc(nc(-c4ccccc4)n3)-c3ccc(c1c3)-c1ccccc12. The number of hydrogen-bond donors (Lipinski definition) is 0. The maximum Gasteiger partial charge on any atom is 0.160 e. The summed E-state index contributed by atoms with van der Waals surface area (Å²) in [5.41, 5.74) is 37.1. The van der Waals surface area contributed by atoms with Crippen LogP contribution in [0.3, 0.4) is 0 Å². The van der Waals surface area contributed by atoms with Crippen LogP contribution in [0, 0.1) is 0 Å². The Morgan fingerprint density at radius 3 is 1.29 bits per heavy atom. The molecular formula is C114H68N4O3. The zero-order valence-corrected chi connectivity index (χ0v) is 65.5. The van der Waals surface area contributed by atoms with E-state index in [2.05, 4.69) is 383 Å². The van der Waals surface area contributed by atoms with Gasteiger partial charge in [0.1, 0.15) is 34.2 Å². The summed E-state index contributed by atoms with van der Waals surface area (Å²) in [6.07, 6.45) is 0. The highest BCUT2D eigenvalue weighted by atomic mass is 16.5. The normalized spacial score (nSPS) is 15.6. The molecule has 3 aromatic heterocycles. The summed E-state index contributed by atoms with van der Waals surface area (Å²) in [6.45, 7) is 2.40. The van der Waals surface area contributed by atoms with E-state index in [-0.39, 0.29) is 0 Å². The van der Waals surface area contributed by atoms with Crippen LogP contribution in [0.4, 0.5) is 0 Å². The van der Waals surface area contributed by atoms with Crippen LogP contribution in [0.2, 0.25) is 0 Å². The lowest BCUT2D eigenvalue weighted by Gasteiger charge is -2.41. The average molecular weight is 1540 g/mol. The zero-order valence-electron chi connectivity index (χ0n) is 65.5. The molecule has 9 bridgehead atoms. The second-order valence-corrected chi connectivity index (χ2v) is 33.0. The molecule has 0 fully saturated rings. The fourth-order valence-electron chi connectivity index (χ4n) is 21.5. The van der Waals surface area contributed by atoms with Crippen LogP contribution >= 0.6 is 0 Å². The number of ether oxygens (including phenoxy) is 2. The van der Waals surface area contributed by atoms with E-state index in [1.165, 1.54) is 66.8 Å². The predicted octanol–water partition coefficient (Wildman–Crippen LogP) is 28.4. The smallest absolute Gasteiger partial charge is 0.160 e. The Labute approximate surface area is 698 Å². The molecule has 26 rings (SSSR count). The topological polar surface area (TPSA) is 83.2 Å². The van der Waals surface area contributed by atoms with Crippen molar-refractivity contribution < 1.29 is 13.9 Å². The largest absolute Gasteiger partial charge is 0.456 e. The number of para-hydroxylation sites is 5. The third kappa shape index (κ3) is 9.54. The number of aromatic nitrogens is 4. The first kappa shape index (κ1) is 67.5. The fraction of sp³-hybridized carbons (Fsp3) is 0.0351. The van der Waals surface area contributed by atoms with Crippen LogP contribution in [0.1, 0.15) is 68.1 Å². The average Bonchev–Trinajstić information content (AvgIpc) is 1.54. The van der Waals surface area contributed by atoms with Crippen molar-refractivity contribution in [2.24, 2.45) is 0 Å². The molecular weight excluding hydrogens is 1470 g/mol. The fourth-order valence-corrected chi connectivity index (χ4v) is 21.5. The van der Waals surface area contributed by atoms with Crippen molar-refractivity contribution in [3.63, 3.8) is 0 Å². The van der Waals surface area contributed by atoms with Gasteiger partial charge < -0.3 is 13.9 Å². The second kappa shape index (κ2) is 25.4. The van der Waals surface area contributed by atoms with Gasteiger partial charge in [-0.3, -0.25) is 0 Å². The molecule has 3 aliphatic heterocycles. The van der Waals surface area contributed by atoms with Gasteiger partial charge in [-0.1, -0.05) is 346 Å². The molecule has 3 aliphatic carbocycles. The van der Waals surface area contributed by atoms with Gasteiger partial charge in [0.15, 0.2) is 11.6 Å². The summed E-state index contributed by atoms with van der Waals surface area (Å²) >= 11 is 0. The van der Waals surface area contributed by atoms with Gasteiger partial charge in [-0.05, 0) is 156 Å². The molecule has 0 saturated carbocycles. The van der Waals surface area contributed by atoms with Crippen molar-refractivity contribution in [1.82, 2.24) is 19.9 Å². The first-order chi connectivity index (χ1) is 59.8. The summed E-state index contributed by atoms with van der Waals surface area (Å²) < 4.78 is 21.6. The molecule has 17 aromatic carbocycles. The Balaban J connectivity index is 0.628. The molecule has 0 saturated heterocycles. The van der Waals surface area contributed by atoms with Crippen molar-refractivity contribution in [2.45, 2.75) is 23.2 Å². The van der Waals surface area contributed by atoms with Crippen LogP contribution in [0.5, 0.6) is 23.0 Å². The number of furan rings is 1. The van der Waals surface area contributed by atoms with Gasteiger partial charge in [0, 0.05) is 88.5 Å². The maximum atomic E-state index is 7.77. The highest BCUT2D eigenvalue weighted by molar-refractivity contribution is 6.10. The summed E-state index contributed by atoms with van der Waals surface area (Å²) in [5, 5.41) is 2.19. The van der Waals surface area contributed by atoms with Gasteiger partial charge in [-0.2, -0.15) is 0 Å². The van der Waals surface area contributed by atoms with Gasteiger partial charge in [0.05, 0.1) is 33.6 Å². The second-order valence-electron chi connectivity index (χ2n) is 33.0. The number of benzene rings is 17. The lowest BCUT2D eigenvalue weighted by atomic mass is 9.64. The Morgan fingerprint density at radius 2 is 0.628 bits per heavy atom. The number of hydrogen-bond acceptors (Lipinski definition) is 7. The van der Waals surface area contributed by atoms with Crippen molar-refractivity contribution in [3.05, 3.63) is 456 Å². The third-order valence-corrected chi connectivity index (χ3v) is 26.9. The zero-order chi connectivity index (χ0) is 79.4. The van der Waals surface area contributed by atoms with E-state index in [0.717, 1.165) is 173 Å². The first-order valence-corrected chi connectivity index (χ1v) is 41.5. The van der Waals surface area contributed by atoms with Crippen molar-refractivity contribution in [3.8, 4) is 169 Å². The van der Waals surface area contributed by atoms with Gasteiger partial charge in [-0.25, -0.2) is 19.9 Å². The lowest BCUT2D eigenvalue weighted by Crippen LogP contribution is -2.33. The predicted molar refractivity (Wildman–Crippen MR) is 485 cm³/mol. The number of fused-ring (bicyclic) bond motifs is 32. The van der Waals surface area contributed by atoms with Crippen LogP contribution in [-0.2, 0) is 16.2 Å². The van der Waals surface area contributed by atoms with Gasteiger partial charge in [0.25, 0.3) is 0 Å². The third-order valence-electron chi connectivity index (χ3n) is 26.9. The Kier molecular flexibility index (Phi) is 14.2. The Bertz CT molecular complexity index is 7830. The minimum atomic E-state index is -0.829. The minimum Gasteiger partial charge on any atom is -0.456 e. The monoisotopic (exact) mass is 1540 g/mol. The Hall–Kier alpha value is -15.7. The molecule has 121 heavy (non-hydrogen) atoms. The van der Waals surface area contributed by atoms with E-state index in [1.807, 2.05) is 18.2 Å². The van der Waals surface area contributed by atoms with Crippen molar-refractivity contribution in [1.29, 1.82) is 0 Å². The molecule has 2 atom stereocenters. The number of rotatable bonds is 7. The maximum absolute atomic E-state index is 7.77. The van der Waals surface area contributed by atoms with Crippen LogP contribution in [-0.4, -0.2) is 19.9 Å². The minimum absolute atomic E-state index is 0.593. The lowest BCUT2D eigenvalue weighted by molar-refractivity contribution is 0.436. The van der Waals surface area contributed by atoms with E-state index < -0.39 is 16.2 Å². The molecule has 2 spiro atoms. The van der Waals surface area contributed by atoms with Crippen molar-refractivity contribution >= 4 is 21.9 Å². The van der Waals surface area contributed by atoms with E-state index in [9.17, 15) is 0 Å². The van der Waals surface area contributed by atoms with Crippen LogP contribution < -0.4 is 9.47 Å². The first-order valence-electron chi connectivity index (χ1n) is 41.5. The van der Waals surface area contributed by atoms with Gasteiger partial charge in [0.2, 0.25) is 0 Å². The highest BCUT2D eigenvalue weighted by Crippen LogP contribution is 2.67.